The van der Waals surface area contributed by atoms with Crippen LogP contribution in [-0.2, 0) is 17.8 Å². The van der Waals surface area contributed by atoms with Gasteiger partial charge in [0, 0.05) is 22.3 Å². The first kappa shape index (κ1) is 12.2. The summed E-state index contributed by atoms with van der Waals surface area (Å²) in [5.74, 6) is 0. The Bertz CT molecular complexity index is 369. The molecule has 0 aliphatic heterocycles. The first-order chi connectivity index (χ1) is 7.08. The topological polar surface area (TPSA) is 81.3 Å². The van der Waals surface area contributed by atoms with Crippen LogP contribution in [-0.4, -0.2) is 14.8 Å². The highest BCUT2D eigenvalue weighted by Crippen LogP contribution is 2.09. The number of rotatable bonds is 3. The summed E-state index contributed by atoms with van der Waals surface area (Å²) in [5.41, 5.74) is 0.880. The molecular weight excluding hydrogens is 284 g/mol. The first-order valence-corrected chi connectivity index (χ1v) is 5.83. The van der Waals surface area contributed by atoms with Gasteiger partial charge in [0.25, 0.3) is 0 Å². The molecule has 15 heavy (non-hydrogen) atoms. The van der Waals surface area contributed by atoms with Gasteiger partial charge in [-0.15, -0.1) is 0 Å². The molecule has 0 saturated heterocycles. The lowest BCUT2D eigenvalue weighted by Gasteiger charge is -2.08. The Hall–Kier alpha value is -0.920. The van der Waals surface area contributed by atoms with E-state index in [1.54, 1.807) is 4.72 Å². The molecule has 0 radical (unpaired) electrons. The van der Waals surface area contributed by atoms with Crippen LogP contribution in [0.2, 0.25) is 0 Å². The van der Waals surface area contributed by atoms with E-state index < -0.39 is 17.3 Å². The number of urea groups is 1. The minimum atomic E-state index is -2.58. The van der Waals surface area contributed by atoms with E-state index in [0.29, 0.717) is 0 Å². The van der Waals surface area contributed by atoms with Crippen molar-refractivity contribution >= 4 is 33.2 Å². The van der Waals surface area contributed by atoms with Crippen molar-refractivity contribution in [3.8, 4) is 0 Å². The van der Waals surface area contributed by atoms with Crippen LogP contribution in [0.3, 0.4) is 0 Å². The quantitative estimate of drug-likeness (QED) is 0.817. The van der Waals surface area contributed by atoms with Crippen LogP contribution in [0.4, 0.5) is 4.79 Å². The molecule has 2 N–H and O–H groups in total. The van der Waals surface area contributed by atoms with Gasteiger partial charge < -0.3 is 9.87 Å². The van der Waals surface area contributed by atoms with E-state index in [9.17, 15) is 13.6 Å². The summed E-state index contributed by atoms with van der Waals surface area (Å²) in [6, 6.07) is 6.56. The number of amides is 2. The lowest BCUT2D eigenvalue weighted by Crippen LogP contribution is -2.35. The van der Waals surface area contributed by atoms with Crippen molar-refractivity contribution in [3.05, 3.63) is 34.3 Å². The second-order valence-corrected chi connectivity index (χ2v) is 4.24. The predicted octanol–water partition coefficient (Wildman–Crippen LogP) is 1.04. The van der Waals surface area contributed by atoms with Gasteiger partial charge in [-0.25, -0.2) is 4.79 Å². The van der Waals surface area contributed by atoms with E-state index in [-0.39, 0.29) is 6.54 Å². The van der Waals surface area contributed by atoms with Gasteiger partial charge in [-0.3, -0.25) is 8.93 Å². The largest absolute Gasteiger partial charge is 0.755 e. The molecule has 1 unspecified atom stereocenters. The molecule has 0 spiro atoms. The van der Waals surface area contributed by atoms with E-state index in [0.717, 1.165) is 10.0 Å². The van der Waals surface area contributed by atoms with Crippen LogP contribution in [0.25, 0.3) is 0 Å². The Morgan fingerprint density at radius 1 is 1.40 bits per heavy atom. The summed E-state index contributed by atoms with van der Waals surface area (Å²) in [4.78, 5) is 10.9. The van der Waals surface area contributed by atoms with Crippen molar-refractivity contribution < 1.29 is 13.6 Å². The maximum absolute atomic E-state index is 10.9. The monoisotopic (exact) mass is 291 g/mol. The standard InChI is InChI=1S/C8H9BrN2O3S/c9-7-3-1-6(2-4-7)5-10-8(12)11-15(13)14/h1-4H,5H2,(H,13,14)(H2,10,11,12)/p-1. The highest BCUT2D eigenvalue weighted by molar-refractivity contribution is 9.10. The second-order valence-electron chi connectivity index (χ2n) is 2.65. The fourth-order valence-corrected chi connectivity index (χ4v) is 1.38. The molecule has 0 bridgehead atoms. The number of benzene rings is 1. The molecule has 1 atom stereocenters. The lowest BCUT2D eigenvalue weighted by molar-refractivity contribution is 0.245. The van der Waals surface area contributed by atoms with Gasteiger partial charge in [-0.05, 0) is 17.7 Å². The highest BCUT2D eigenvalue weighted by Gasteiger charge is 1.99. The van der Waals surface area contributed by atoms with Crippen LogP contribution in [0, 0.1) is 0 Å². The van der Waals surface area contributed by atoms with Gasteiger partial charge in [0.15, 0.2) is 0 Å². The van der Waals surface area contributed by atoms with Gasteiger partial charge >= 0.3 is 6.03 Å². The average molecular weight is 292 g/mol. The molecule has 1 rings (SSSR count). The van der Waals surface area contributed by atoms with Crippen LogP contribution in [0.15, 0.2) is 28.7 Å². The Labute approximate surface area is 97.8 Å². The molecule has 0 aromatic heterocycles. The van der Waals surface area contributed by atoms with Gasteiger partial charge in [-0.2, -0.15) is 0 Å². The molecule has 0 aliphatic rings. The number of hydrogen-bond donors (Lipinski definition) is 2. The van der Waals surface area contributed by atoms with Gasteiger partial charge in [0.1, 0.15) is 0 Å². The fraction of sp³-hybridized carbons (Fsp3) is 0.125. The summed E-state index contributed by atoms with van der Waals surface area (Å²) < 4.78 is 22.8. The van der Waals surface area contributed by atoms with Gasteiger partial charge in [-0.1, -0.05) is 28.1 Å². The second kappa shape index (κ2) is 5.84. The number of nitrogens with one attached hydrogen (secondary N) is 2. The van der Waals surface area contributed by atoms with Gasteiger partial charge in [0.05, 0.1) is 0 Å². The highest BCUT2D eigenvalue weighted by atomic mass is 79.9. The number of carbonyl (C=O) groups is 1. The molecule has 5 nitrogen and oxygen atoms in total. The maximum atomic E-state index is 10.9. The summed E-state index contributed by atoms with van der Waals surface area (Å²) in [6.45, 7) is 0.274. The summed E-state index contributed by atoms with van der Waals surface area (Å²) in [7, 11) is 0. The number of halogens is 1. The van der Waals surface area contributed by atoms with E-state index in [2.05, 4.69) is 21.2 Å². The fourth-order valence-electron chi connectivity index (χ4n) is 0.896. The van der Waals surface area contributed by atoms with E-state index >= 15 is 0 Å². The van der Waals surface area contributed by atoms with Crippen molar-refractivity contribution in [1.82, 2.24) is 10.0 Å². The third-order valence-corrected chi connectivity index (χ3v) is 2.42. The zero-order valence-electron chi connectivity index (χ0n) is 7.53. The molecule has 0 saturated carbocycles. The molecule has 7 heteroatoms. The molecule has 0 aliphatic carbocycles. The van der Waals surface area contributed by atoms with Crippen LogP contribution < -0.4 is 10.0 Å². The third kappa shape index (κ3) is 4.91. The van der Waals surface area contributed by atoms with E-state index in [4.69, 9.17) is 0 Å². The van der Waals surface area contributed by atoms with Gasteiger partial charge in [0.2, 0.25) is 0 Å². The van der Waals surface area contributed by atoms with Crippen molar-refractivity contribution in [1.29, 1.82) is 0 Å². The zero-order valence-corrected chi connectivity index (χ0v) is 9.93. The molecule has 1 aromatic rings. The normalized spacial score (nSPS) is 11.9. The van der Waals surface area contributed by atoms with E-state index in [1.165, 1.54) is 0 Å². The first-order valence-electron chi connectivity index (χ1n) is 3.96. The third-order valence-electron chi connectivity index (χ3n) is 1.54. The van der Waals surface area contributed by atoms with Crippen LogP contribution in [0.1, 0.15) is 5.56 Å². The van der Waals surface area contributed by atoms with E-state index in [1.807, 2.05) is 24.3 Å². The SMILES string of the molecule is O=C(NCc1ccc(Br)cc1)NS(=O)[O-]. The zero-order chi connectivity index (χ0) is 11.3. The summed E-state index contributed by atoms with van der Waals surface area (Å²) >= 11 is 0.700. The van der Waals surface area contributed by atoms with Crippen molar-refractivity contribution in [3.63, 3.8) is 0 Å². The average Bonchev–Trinajstić information content (AvgIpc) is 2.16. The predicted molar refractivity (Wildman–Crippen MR) is 58.4 cm³/mol. The summed E-state index contributed by atoms with van der Waals surface area (Å²) in [5, 5.41) is 2.39. The Morgan fingerprint density at radius 3 is 2.53 bits per heavy atom. The number of hydrogen-bond acceptors (Lipinski definition) is 3. The van der Waals surface area contributed by atoms with Crippen molar-refractivity contribution in [2.75, 3.05) is 0 Å². The Kier molecular flexibility index (Phi) is 4.73. The Balaban J connectivity index is 2.40. The maximum Gasteiger partial charge on any atom is 0.326 e. The van der Waals surface area contributed by atoms with Crippen LogP contribution >= 0.6 is 15.9 Å². The molecule has 0 heterocycles. The lowest BCUT2D eigenvalue weighted by atomic mass is 10.2. The molecule has 2 amide bonds. The minimum absolute atomic E-state index is 0.274. The molecule has 1 aromatic carbocycles. The van der Waals surface area contributed by atoms with Crippen molar-refractivity contribution in [2.24, 2.45) is 0 Å². The van der Waals surface area contributed by atoms with Crippen molar-refractivity contribution in [2.45, 2.75) is 6.54 Å². The minimum Gasteiger partial charge on any atom is -0.755 e. The summed E-state index contributed by atoms with van der Waals surface area (Å²) in [6.07, 6.45) is 0. The molecule has 82 valence electrons. The molecular formula is C8H8BrN2O3S-. The number of carbonyl (C=O) groups excluding carboxylic acids is 1. The Morgan fingerprint density at radius 2 is 2.00 bits per heavy atom. The smallest absolute Gasteiger partial charge is 0.326 e. The molecule has 0 fully saturated rings. The van der Waals surface area contributed by atoms with Crippen LogP contribution in [0.5, 0.6) is 0 Å².